The minimum Gasteiger partial charge on any atom is -0.480 e. The Kier molecular flexibility index (Phi) is 4.42. The van der Waals surface area contributed by atoms with Gasteiger partial charge in [0.2, 0.25) is 0 Å². The van der Waals surface area contributed by atoms with Crippen molar-refractivity contribution in [3.63, 3.8) is 0 Å². The van der Waals surface area contributed by atoms with Gasteiger partial charge in [-0.2, -0.15) is 11.8 Å². The van der Waals surface area contributed by atoms with E-state index in [2.05, 4.69) is 5.32 Å². The summed E-state index contributed by atoms with van der Waals surface area (Å²) >= 11 is 1.87. The summed E-state index contributed by atoms with van der Waals surface area (Å²) in [6.07, 6.45) is 0. The van der Waals surface area contributed by atoms with Crippen molar-refractivity contribution in [1.82, 2.24) is 5.32 Å². The van der Waals surface area contributed by atoms with Gasteiger partial charge in [-0.05, 0) is 0 Å². The zero-order valence-electron chi connectivity index (χ0n) is 6.78. The van der Waals surface area contributed by atoms with Gasteiger partial charge in [0.15, 0.2) is 0 Å². The molecule has 0 radical (unpaired) electrons. The highest BCUT2D eigenvalue weighted by Crippen LogP contribution is 2.07. The number of rotatable bonds is 4. The third kappa shape index (κ3) is 3.94. The predicted molar refractivity (Wildman–Crippen MR) is 47.6 cm³/mol. The van der Waals surface area contributed by atoms with Crippen molar-refractivity contribution < 1.29 is 14.6 Å². The number of carboxylic acids is 1. The Morgan fingerprint density at radius 3 is 3.17 bits per heavy atom. The molecule has 1 aliphatic heterocycles. The summed E-state index contributed by atoms with van der Waals surface area (Å²) in [7, 11) is 0. The van der Waals surface area contributed by atoms with E-state index in [4.69, 9.17) is 9.84 Å². The van der Waals surface area contributed by atoms with Gasteiger partial charge in [0.05, 0.1) is 6.61 Å². The van der Waals surface area contributed by atoms with E-state index in [1.54, 1.807) is 0 Å². The molecule has 1 heterocycles. The highest BCUT2D eigenvalue weighted by molar-refractivity contribution is 7.99. The van der Waals surface area contributed by atoms with Crippen molar-refractivity contribution in [1.29, 1.82) is 0 Å². The topological polar surface area (TPSA) is 58.6 Å². The van der Waals surface area contributed by atoms with Crippen LogP contribution < -0.4 is 5.32 Å². The summed E-state index contributed by atoms with van der Waals surface area (Å²) < 4.78 is 4.96. The largest absolute Gasteiger partial charge is 0.480 e. The van der Waals surface area contributed by atoms with Crippen LogP contribution in [-0.4, -0.2) is 48.4 Å². The lowest BCUT2D eigenvalue weighted by atomic mass is 10.3. The first-order valence-electron chi connectivity index (χ1n) is 3.89. The molecule has 0 aromatic heterocycles. The van der Waals surface area contributed by atoms with Gasteiger partial charge >= 0.3 is 5.97 Å². The maximum absolute atomic E-state index is 10.1. The lowest BCUT2D eigenvalue weighted by Gasteiger charge is -2.22. The van der Waals surface area contributed by atoms with E-state index in [0.717, 1.165) is 18.1 Å². The van der Waals surface area contributed by atoms with Gasteiger partial charge in [-0.15, -0.1) is 0 Å². The van der Waals surface area contributed by atoms with E-state index in [1.807, 2.05) is 11.8 Å². The van der Waals surface area contributed by atoms with E-state index < -0.39 is 5.97 Å². The van der Waals surface area contributed by atoms with Crippen molar-refractivity contribution in [2.24, 2.45) is 0 Å². The van der Waals surface area contributed by atoms with E-state index in [1.165, 1.54) is 0 Å². The molecule has 0 aromatic carbocycles. The molecule has 2 N–H and O–H groups in total. The minimum atomic E-state index is -0.904. The summed E-state index contributed by atoms with van der Waals surface area (Å²) in [5.41, 5.74) is 0. The van der Waals surface area contributed by atoms with Gasteiger partial charge in [0.1, 0.15) is 6.61 Å². The number of ether oxygens (including phenoxy) is 1. The smallest absolute Gasteiger partial charge is 0.329 e. The van der Waals surface area contributed by atoms with E-state index in [-0.39, 0.29) is 6.61 Å². The summed E-state index contributed by atoms with van der Waals surface area (Å²) in [4.78, 5) is 10.1. The quantitative estimate of drug-likeness (QED) is 0.644. The maximum atomic E-state index is 10.1. The normalized spacial score (nSPS) is 23.8. The first-order chi connectivity index (χ1) is 5.79. The van der Waals surface area contributed by atoms with Crippen LogP contribution >= 0.6 is 11.8 Å². The highest BCUT2D eigenvalue weighted by Gasteiger charge is 2.12. The molecule has 1 saturated heterocycles. The van der Waals surface area contributed by atoms with Crippen LogP contribution in [0.2, 0.25) is 0 Å². The van der Waals surface area contributed by atoms with Crippen molar-refractivity contribution >= 4 is 17.7 Å². The fourth-order valence-electron chi connectivity index (χ4n) is 1.02. The molecule has 1 aliphatic rings. The van der Waals surface area contributed by atoms with Gasteiger partial charge in [0.25, 0.3) is 0 Å². The van der Waals surface area contributed by atoms with Crippen LogP contribution in [0.3, 0.4) is 0 Å². The SMILES string of the molecule is O=C(O)COCC1CSCCN1. The lowest BCUT2D eigenvalue weighted by molar-refractivity contribution is -0.142. The first-order valence-corrected chi connectivity index (χ1v) is 5.05. The molecule has 1 unspecified atom stereocenters. The van der Waals surface area contributed by atoms with Crippen molar-refractivity contribution in [2.75, 3.05) is 31.3 Å². The molecule has 0 bridgehead atoms. The molecule has 0 aliphatic carbocycles. The fourth-order valence-corrected chi connectivity index (χ4v) is 1.94. The molecule has 1 rings (SSSR count). The van der Waals surface area contributed by atoms with Crippen molar-refractivity contribution in [3.05, 3.63) is 0 Å². The molecule has 0 aromatic rings. The Labute approximate surface area is 75.7 Å². The predicted octanol–water partition coefficient (Wildman–Crippen LogP) is -0.207. The van der Waals surface area contributed by atoms with Crippen LogP contribution in [0.15, 0.2) is 0 Å². The average molecular weight is 191 g/mol. The molecule has 4 nitrogen and oxygen atoms in total. The second-order valence-corrected chi connectivity index (χ2v) is 3.78. The Morgan fingerprint density at radius 1 is 1.75 bits per heavy atom. The van der Waals surface area contributed by atoms with Crippen molar-refractivity contribution in [2.45, 2.75) is 6.04 Å². The molecule has 1 fully saturated rings. The van der Waals surface area contributed by atoms with Gasteiger partial charge in [0, 0.05) is 24.1 Å². The Morgan fingerprint density at radius 2 is 2.58 bits per heavy atom. The number of hydrogen-bond donors (Lipinski definition) is 2. The average Bonchev–Trinajstić information content (AvgIpc) is 2.05. The Bertz CT molecular complexity index is 148. The van der Waals surface area contributed by atoms with Crippen LogP contribution in [0.1, 0.15) is 0 Å². The Balaban J connectivity index is 2.01. The molecule has 5 heteroatoms. The van der Waals surface area contributed by atoms with E-state index in [9.17, 15) is 4.79 Å². The summed E-state index contributed by atoms with van der Waals surface area (Å²) in [6.45, 7) is 1.30. The minimum absolute atomic E-state index is 0.192. The molecule has 0 spiro atoms. The summed E-state index contributed by atoms with van der Waals surface area (Å²) in [5.74, 6) is 1.24. The molecule has 70 valence electrons. The summed E-state index contributed by atoms with van der Waals surface area (Å²) in [5, 5.41) is 11.5. The van der Waals surface area contributed by atoms with Gasteiger partial charge in [-0.25, -0.2) is 4.79 Å². The zero-order valence-corrected chi connectivity index (χ0v) is 7.60. The molecule has 12 heavy (non-hydrogen) atoms. The zero-order chi connectivity index (χ0) is 8.81. The highest BCUT2D eigenvalue weighted by atomic mass is 32.2. The van der Waals surface area contributed by atoms with Crippen LogP contribution in [0.5, 0.6) is 0 Å². The standard InChI is InChI=1S/C7H13NO3S/c9-7(10)4-11-3-6-5-12-2-1-8-6/h6,8H,1-5H2,(H,9,10). The van der Waals surface area contributed by atoms with Gasteiger partial charge in [-0.1, -0.05) is 0 Å². The number of carboxylic acid groups (broad SMARTS) is 1. The number of hydrogen-bond acceptors (Lipinski definition) is 4. The maximum Gasteiger partial charge on any atom is 0.329 e. The summed E-state index contributed by atoms with van der Waals surface area (Å²) in [6, 6.07) is 0.322. The number of nitrogens with one attached hydrogen (secondary N) is 1. The van der Waals surface area contributed by atoms with Gasteiger partial charge < -0.3 is 15.2 Å². The molecular formula is C7H13NO3S. The van der Waals surface area contributed by atoms with Crippen LogP contribution in [-0.2, 0) is 9.53 Å². The van der Waals surface area contributed by atoms with Crippen molar-refractivity contribution in [3.8, 4) is 0 Å². The second kappa shape index (κ2) is 5.40. The molecular weight excluding hydrogens is 178 g/mol. The number of thioether (sulfide) groups is 1. The number of carbonyl (C=O) groups is 1. The van der Waals surface area contributed by atoms with E-state index in [0.29, 0.717) is 12.6 Å². The fraction of sp³-hybridized carbons (Fsp3) is 0.857. The van der Waals surface area contributed by atoms with Crippen LogP contribution in [0.4, 0.5) is 0 Å². The van der Waals surface area contributed by atoms with Crippen LogP contribution in [0.25, 0.3) is 0 Å². The number of aliphatic carboxylic acids is 1. The first kappa shape index (κ1) is 9.83. The molecule has 1 atom stereocenters. The Hall–Kier alpha value is -0.260. The third-order valence-electron chi connectivity index (χ3n) is 1.54. The third-order valence-corrected chi connectivity index (χ3v) is 2.67. The van der Waals surface area contributed by atoms with Crippen LogP contribution in [0, 0.1) is 0 Å². The second-order valence-electron chi connectivity index (χ2n) is 2.63. The monoisotopic (exact) mass is 191 g/mol. The molecule has 0 amide bonds. The lowest BCUT2D eigenvalue weighted by Crippen LogP contribution is -2.41. The molecule has 0 saturated carbocycles. The van der Waals surface area contributed by atoms with E-state index >= 15 is 0 Å². The van der Waals surface area contributed by atoms with Gasteiger partial charge in [-0.3, -0.25) is 0 Å².